The number of hydrogen-bond donors (Lipinski definition) is 1. The van der Waals surface area contributed by atoms with Gasteiger partial charge in [-0.05, 0) is 31.9 Å². The van der Waals surface area contributed by atoms with Gasteiger partial charge in [-0.15, -0.1) is 0 Å². The lowest BCUT2D eigenvalue weighted by Crippen LogP contribution is -2.36. The van der Waals surface area contributed by atoms with Gasteiger partial charge in [0.2, 0.25) is 0 Å². The molecule has 2 heterocycles. The van der Waals surface area contributed by atoms with Crippen LogP contribution in [-0.4, -0.2) is 11.1 Å². The molecule has 0 radical (unpaired) electrons. The van der Waals surface area contributed by atoms with Crippen molar-refractivity contribution in [1.29, 1.82) is 0 Å². The van der Waals surface area contributed by atoms with E-state index in [1.807, 2.05) is 12.2 Å². The van der Waals surface area contributed by atoms with Crippen molar-refractivity contribution in [1.82, 2.24) is 10.2 Å². The summed E-state index contributed by atoms with van der Waals surface area (Å²) in [5.74, 6) is 0.744. The predicted octanol–water partition coefficient (Wildman–Crippen LogP) is 2.90. The van der Waals surface area contributed by atoms with Gasteiger partial charge in [-0.25, -0.2) is 0 Å². The van der Waals surface area contributed by atoms with Crippen LogP contribution in [0, 0.1) is 5.92 Å². The molecule has 2 nitrogen and oxygen atoms in total. The van der Waals surface area contributed by atoms with E-state index in [9.17, 15) is 0 Å². The Morgan fingerprint density at radius 1 is 1.47 bits per heavy atom. The van der Waals surface area contributed by atoms with E-state index < -0.39 is 0 Å². The largest absolute Gasteiger partial charge is 0.362 e. The Kier molecular flexibility index (Phi) is 2.06. The fraction of sp³-hybridized carbons (Fsp3) is 0.500. The maximum Gasteiger partial charge on any atom is 0.140 e. The van der Waals surface area contributed by atoms with E-state index in [4.69, 9.17) is 11.6 Å². The van der Waals surface area contributed by atoms with Crippen LogP contribution in [0.15, 0.2) is 34.8 Å². The minimum Gasteiger partial charge on any atom is -0.362 e. The van der Waals surface area contributed by atoms with Crippen LogP contribution in [0.4, 0.5) is 0 Å². The van der Waals surface area contributed by atoms with Crippen molar-refractivity contribution in [3.05, 3.63) is 34.8 Å². The molecule has 15 heavy (non-hydrogen) atoms. The maximum absolute atomic E-state index is 6.19. The van der Waals surface area contributed by atoms with Crippen molar-refractivity contribution in [3.8, 4) is 0 Å². The Balaban J connectivity index is 1.89. The molecule has 1 atom stereocenters. The van der Waals surface area contributed by atoms with Crippen LogP contribution in [0.1, 0.15) is 26.2 Å². The van der Waals surface area contributed by atoms with Gasteiger partial charge in [0.15, 0.2) is 0 Å². The summed E-state index contributed by atoms with van der Waals surface area (Å²) in [6.07, 6.45) is 10.3. The lowest BCUT2D eigenvalue weighted by atomic mass is 9.82. The molecule has 1 saturated carbocycles. The van der Waals surface area contributed by atoms with E-state index >= 15 is 0 Å². The molecule has 80 valence electrons. The fourth-order valence-electron chi connectivity index (χ4n) is 2.48. The van der Waals surface area contributed by atoms with Crippen molar-refractivity contribution in [2.45, 2.75) is 32.4 Å². The van der Waals surface area contributed by atoms with E-state index in [1.54, 1.807) is 0 Å². The van der Waals surface area contributed by atoms with Crippen molar-refractivity contribution in [3.63, 3.8) is 0 Å². The molecule has 3 aliphatic rings. The summed E-state index contributed by atoms with van der Waals surface area (Å²) >= 11 is 6.19. The van der Waals surface area contributed by atoms with E-state index in [0.29, 0.717) is 0 Å². The highest BCUT2D eigenvalue weighted by Crippen LogP contribution is 2.39. The zero-order valence-corrected chi connectivity index (χ0v) is 9.59. The van der Waals surface area contributed by atoms with Gasteiger partial charge in [-0.2, -0.15) is 0 Å². The second-order valence-electron chi connectivity index (χ2n) is 4.47. The highest BCUT2D eigenvalue weighted by Gasteiger charge is 2.35. The quantitative estimate of drug-likeness (QED) is 0.734. The monoisotopic (exact) mass is 222 g/mol. The van der Waals surface area contributed by atoms with Gasteiger partial charge in [0.05, 0.1) is 5.03 Å². The smallest absolute Gasteiger partial charge is 0.140 e. The summed E-state index contributed by atoms with van der Waals surface area (Å²) in [5.41, 5.74) is 2.75. The molecule has 3 rings (SSSR count). The molecule has 0 spiro atoms. The standard InChI is InChI=1S/C12H15ClN2/c1-8-11(9-4-2-5-9)14-12-10(13)6-3-7-15(8)12/h3,6-7,9,12,14H,2,4-5H2,1H3. The third kappa shape index (κ3) is 1.31. The van der Waals surface area contributed by atoms with Crippen LogP contribution >= 0.6 is 11.6 Å². The fourth-order valence-corrected chi connectivity index (χ4v) is 2.72. The first-order valence-corrected chi connectivity index (χ1v) is 5.94. The molecule has 0 aromatic rings. The topological polar surface area (TPSA) is 15.3 Å². The van der Waals surface area contributed by atoms with E-state index in [2.05, 4.69) is 23.3 Å². The summed E-state index contributed by atoms with van der Waals surface area (Å²) in [6.45, 7) is 2.18. The van der Waals surface area contributed by atoms with Crippen LogP contribution in [0.25, 0.3) is 0 Å². The highest BCUT2D eigenvalue weighted by atomic mass is 35.5. The summed E-state index contributed by atoms with van der Waals surface area (Å²) in [4.78, 5) is 2.23. The number of hydrogen-bond acceptors (Lipinski definition) is 2. The molecule has 0 amide bonds. The summed E-state index contributed by atoms with van der Waals surface area (Å²) in [6, 6.07) is 0. The summed E-state index contributed by atoms with van der Waals surface area (Å²) < 4.78 is 0. The van der Waals surface area contributed by atoms with Crippen LogP contribution in [-0.2, 0) is 0 Å². The molecule has 2 aliphatic heterocycles. The van der Waals surface area contributed by atoms with Crippen LogP contribution in [0.3, 0.4) is 0 Å². The molecule has 1 fully saturated rings. The first-order valence-electron chi connectivity index (χ1n) is 5.57. The third-order valence-corrected chi connectivity index (χ3v) is 3.96. The number of allylic oxidation sites excluding steroid dienone is 4. The number of halogens is 1. The Hall–Kier alpha value is -0.890. The van der Waals surface area contributed by atoms with Gasteiger partial charge in [0.1, 0.15) is 6.17 Å². The first kappa shape index (κ1) is 9.34. The third-order valence-electron chi connectivity index (χ3n) is 3.62. The average molecular weight is 223 g/mol. The van der Waals surface area contributed by atoms with Crippen LogP contribution < -0.4 is 5.32 Å². The van der Waals surface area contributed by atoms with Crippen molar-refractivity contribution >= 4 is 11.6 Å². The number of rotatable bonds is 1. The maximum atomic E-state index is 6.19. The molecule has 0 saturated heterocycles. The average Bonchev–Trinajstić information content (AvgIpc) is 2.45. The second kappa shape index (κ2) is 3.31. The van der Waals surface area contributed by atoms with E-state index in [0.717, 1.165) is 11.0 Å². The molecule has 0 bridgehead atoms. The zero-order valence-electron chi connectivity index (χ0n) is 8.83. The molecule has 0 aromatic heterocycles. The first-order chi connectivity index (χ1) is 7.27. The molecule has 1 unspecified atom stereocenters. The van der Waals surface area contributed by atoms with Crippen LogP contribution in [0.2, 0.25) is 0 Å². The second-order valence-corrected chi connectivity index (χ2v) is 4.91. The van der Waals surface area contributed by atoms with Gasteiger partial charge in [0.25, 0.3) is 0 Å². The van der Waals surface area contributed by atoms with Crippen LogP contribution in [0.5, 0.6) is 0 Å². The molecule has 3 heteroatoms. The molecule has 1 N–H and O–H groups in total. The van der Waals surface area contributed by atoms with Gasteiger partial charge in [-0.3, -0.25) is 0 Å². The van der Waals surface area contributed by atoms with Gasteiger partial charge >= 0.3 is 0 Å². The Labute approximate surface area is 95.3 Å². The van der Waals surface area contributed by atoms with Crippen molar-refractivity contribution in [2.24, 2.45) is 5.92 Å². The highest BCUT2D eigenvalue weighted by molar-refractivity contribution is 6.30. The van der Waals surface area contributed by atoms with Gasteiger partial charge in [0, 0.05) is 23.5 Å². The summed E-state index contributed by atoms with van der Waals surface area (Å²) in [7, 11) is 0. The number of nitrogens with zero attached hydrogens (tertiary/aromatic N) is 1. The number of nitrogens with one attached hydrogen (secondary N) is 1. The van der Waals surface area contributed by atoms with Gasteiger partial charge in [-0.1, -0.05) is 18.0 Å². The van der Waals surface area contributed by atoms with E-state index in [-0.39, 0.29) is 6.17 Å². The predicted molar refractivity (Wildman–Crippen MR) is 61.9 cm³/mol. The van der Waals surface area contributed by atoms with Crippen molar-refractivity contribution < 1.29 is 0 Å². The van der Waals surface area contributed by atoms with E-state index in [1.165, 1.54) is 30.7 Å². The lowest BCUT2D eigenvalue weighted by molar-refractivity contribution is 0.344. The molecule has 1 aliphatic carbocycles. The lowest BCUT2D eigenvalue weighted by Gasteiger charge is -2.28. The molecular weight excluding hydrogens is 208 g/mol. The minimum absolute atomic E-state index is 0.160. The minimum atomic E-state index is 0.160. The molecular formula is C12H15ClN2. The summed E-state index contributed by atoms with van der Waals surface area (Å²) in [5, 5.41) is 4.43. The van der Waals surface area contributed by atoms with Crippen molar-refractivity contribution in [2.75, 3.05) is 0 Å². The zero-order chi connectivity index (χ0) is 10.4. The Morgan fingerprint density at radius 3 is 2.87 bits per heavy atom. The SMILES string of the molecule is CC1=C(C2CCC2)NC2C(Cl)=CC=CN12. The molecule has 0 aromatic carbocycles. The normalized spacial score (nSPS) is 29.9. The van der Waals surface area contributed by atoms with Gasteiger partial charge < -0.3 is 10.2 Å². The number of fused-ring (bicyclic) bond motifs is 1. The Bertz CT molecular complexity index is 377. The Morgan fingerprint density at radius 2 is 2.27 bits per heavy atom.